The Kier molecular flexibility index (Phi) is 6.74. The third-order valence-electron chi connectivity index (χ3n) is 5.26. The van der Waals surface area contributed by atoms with E-state index in [1.165, 1.54) is 31.7 Å². The lowest BCUT2D eigenvalue weighted by Gasteiger charge is -2.47. The van der Waals surface area contributed by atoms with Crippen molar-refractivity contribution in [2.24, 2.45) is 4.99 Å². The minimum Gasteiger partial charge on any atom is -0.492 e. The predicted molar refractivity (Wildman–Crippen MR) is 107 cm³/mol. The molecule has 3 heterocycles. The lowest BCUT2D eigenvalue weighted by atomic mass is 10.1. The van der Waals surface area contributed by atoms with Crippen LogP contribution in [-0.2, 0) is 0 Å². The number of nitrogens with one attached hydrogen (secondary N) is 1. The summed E-state index contributed by atoms with van der Waals surface area (Å²) in [4.78, 5) is 12.2. The smallest absolute Gasteiger partial charge is 0.193 e. The van der Waals surface area contributed by atoms with Crippen molar-refractivity contribution in [1.82, 2.24) is 20.0 Å². The van der Waals surface area contributed by atoms with Gasteiger partial charge in [0.25, 0.3) is 0 Å². The van der Waals surface area contributed by atoms with Gasteiger partial charge in [0.2, 0.25) is 0 Å². The standard InChI is InChI=1S/C20H33N5O/c1-4-21-20(22-15-18-16-24-9-11-25(18)12-10-24)23(3)13-14-26-19-7-5-17(2)6-8-19/h5-8,18H,4,9-16H2,1-3H3,(H,21,22). The summed E-state index contributed by atoms with van der Waals surface area (Å²) in [6.07, 6.45) is 0. The van der Waals surface area contributed by atoms with Gasteiger partial charge in [0.1, 0.15) is 12.4 Å². The predicted octanol–water partition coefficient (Wildman–Crippen LogP) is 1.27. The molecule has 0 amide bonds. The second-order valence-corrected chi connectivity index (χ2v) is 7.27. The van der Waals surface area contributed by atoms with Gasteiger partial charge in [0.05, 0.1) is 13.1 Å². The minimum atomic E-state index is 0.559. The molecule has 4 rings (SSSR count). The molecule has 6 heteroatoms. The molecule has 0 saturated carbocycles. The number of piperazine rings is 3. The van der Waals surface area contributed by atoms with Crippen LogP contribution in [-0.4, -0.2) is 92.7 Å². The Morgan fingerprint density at radius 1 is 1.23 bits per heavy atom. The van der Waals surface area contributed by atoms with Crippen LogP contribution in [0.15, 0.2) is 29.3 Å². The fraction of sp³-hybridized carbons (Fsp3) is 0.650. The molecular weight excluding hydrogens is 326 g/mol. The minimum absolute atomic E-state index is 0.559. The van der Waals surface area contributed by atoms with Gasteiger partial charge in [0.15, 0.2) is 5.96 Å². The molecule has 0 spiro atoms. The van der Waals surface area contributed by atoms with Crippen molar-refractivity contribution in [2.75, 3.05) is 66.0 Å². The van der Waals surface area contributed by atoms with Crippen LogP contribution in [0.25, 0.3) is 0 Å². The number of guanidine groups is 1. The average Bonchev–Trinajstić information content (AvgIpc) is 2.67. The van der Waals surface area contributed by atoms with E-state index in [9.17, 15) is 0 Å². The zero-order valence-electron chi connectivity index (χ0n) is 16.4. The highest BCUT2D eigenvalue weighted by atomic mass is 16.5. The molecule has 1 aromatic rings. The van der Waals surface area contributed by atoms with E-state index in [0.29, 0.717) is 12.6 Å². The van der Waals surface area contributed by atoms with Gasteiger partial charge in [-0.3, -0.25) is 14.8 Å². The molecule has 6 nitrogen and oxygen atoms in total. The van der Waals surface area contributed by atoms with Crippen molar-refractivity contribution >= 4 is 5.96 Å². The van der Waals surface area contributed by atoms with Gasteiger partial charge in [-0.15, -0.1) is 0 Å². The topological polar surface area (TPSA) is 43.3 Å². The maximum Gasteiger partial charge on any atom is 0.193 e. The van der Waals surface area contributed by atoms with E-state index < -0.39 is 0 Å². The van der Waals surface area contributed by atoms with Crippen LogP contribution in [0, 0.1) is 6.92 Å². The number of rotatable bonds is 7. The molecule has 1 aromatic carbocycles. The molecule has 144 valence electrons. The lowest BCUT2D eigenvalue weighted by molar-refractivity contribution is 0.0173. The van der Waals surface area contributed by atoms with E-state index in [2.05, 4.69) is 53.0 Å². The number of benzene rings is 1. The summed E-state index contributed by atoms with van der Waals surface area (Å²) in [7, 11) is 2.08. The third kappa shape index (κ3) is 5.11. The van der Waals surface area contributed by atoms with E-state index >= 15 is 0 Å². The Morgan fingerprint density at radius 3 is 2.58 bits per heavy atom. The van der Waals surface area contributed by atoms with Crippen LogP contribution in [0.5, 0.6) is 5.75 Å². The first-order valence-electron chi connectivity index (χ1n) is 9.81. The third-order valence-corrected chi connectivity index (χ3v) is 5.26. The van der Waals surface area contributed by atoms with Crippen molar-refractivity contribution in [3.8, 4) is 5.75 Å². The summed E-state index contributed by atoms with van der Waals surface area (Å²) in [6, 6.07) is 8.76. The highest BCUT2D eigenvalue weighted by Crippen LogP contribution is 2.16. The van der Waals surface area contributed by atoms with Crippen LogP contribution in [0.3, 0.4) is 0 Å². The van der Waals surface area contributed by atoms with E-state index in [0.717, 1.165) is 37.9 Å². The van der Waals surface area contributed by atoms with E-state index in [-0.39, 0.29) is 0 Å². The molecule has 0 aliphatic carbocycles. The summed E-state index contributed by atoms with van der Waals surface area (Å²) in [6.45, 7) is 13.4. The van der Waals surface area contributed by atoms with Gasteiger partial charge < -0.3 is 15.0 Å². The molecule has 0 radical (unpaired) electrons. The van der Waals surface area contributed by atoms with Gasteiger partial charge in [0, 0.05) is 52.4 Å². The Bertz CT molecular complexity index is 580. The normalized spacial score (nSPS) is 25.2. The highest BCUT2D eigenvalue weighted by molar-refractivity contribution is 5.79. The zero-order chi connectivity index (χ0) is 18.4. The molecular formula is C20H33N5O. The number of aliphatic imine (C=N–C) groups is 1. The number of ether oxygens (including phenoxy) is 1. The van der Waals surface area contributed by atoms with Crippen molar-refractivity contribution < 1.29 is 4.74 Å². The number of hydrogen-bond acceptors (Lipinski definition) is 4. The lowest BCUT2D eigenvalue weighted by Crippen LogP contribution is -2.62. The molecule has 26 heavy (non-hydrogen) atoms. The SMILES string of the molecule is CCNC(=NCC1CN2CCN1CC2)N(C)CCOc1ccc(C)cc1. The number of likely N-dealkylation sites (N-methyl/N-ethyl adjacent to an activating group) is 1. The quantitative estimate of drug-likeness (QED) is 0.587. The van der Waals surface area contributed by atoms with Crippen LogP contribution in [0.1, 0.15) is 12.5 Å². The highest BCUT2D eigenvalue weighted by Gasteiger charge is 2.31. The molecule has 1 atom stereocenters. The maximum absolute atomic E-state index is 5.86. The molecule has 3 saturated heterocycles. The van der Waals surface area contributed by atoms with E-state index in [4.69, 9.17) is 9.73 Å². The molecule has 0 aromatic heterocycles. The maximum atomic E-state index is 5.86. The van der Waals surface area contributed by atoms with E-state index in [1.807, 2.05) is 12.1 Å². The first-order chi connectivity index (χ1) is 12.7. The molecule has 3 fully saturated rings. The van der Waals surface area contributed by atoms with Gasteiger partial charge in [-0.2, -0.15) is 0 Å². The first kappa shape index (κ1) is 19.0. The fourth-order valence-corrected chi connectivity index (χ4v) is 3.60. The number of nitrogens with zero attached hydrogens (tertiary/aromatic N) is 4. The van der Waals surface area contributed by atoms with Gasteiger partial charge in [-0.1, -0.05) is 17.7 Å². The monoisotopic (exact) mass is 359 g/mol. The first-order valence-corrected chi connectivity index (χ1v) is 9.81. The number of aryl methyl sites for hydroxylation is 1. The summed E-state index contributed by atoms with van der Waals surface area (Å²) in [5, 5.41) is 3.41. The summed E-state index contributed by atoms with van der Waals surface area (Å²) >= 11 is 0. The van der Waals surface area contributed by atoms with Gasteiger partial charge in [-0.05, 0) is 26.0 Å². The largest absolute Gasteiger partial charge is 0.492 e. The summed E-state index contributed by atoms with van der Waals surface area (Å²) in [5.74, 6) is 1.89. The van der Waals surface area contributed by atoms with Crippen molar-refractivity contribution in [2.45, 2.75) is 19.9 Å². The van der Waals surface area contributed by atoms with Crippen LogP contribution >= 0.6 is 0 Å². The Labute approximate surface area is 157 Å². The second kappa shape index (κ2) is 9.24. The van der Waals surface area contributed by atoms with Crippen molar-refractivity contribution in [3.05, 3.63) is 29.8 Å². The Morgan fingerprint density at radius 2 is 1.96 bits per heavy atom. The molecule has 2 bridgehead atoms. The van der Waals surface area contributed by atoms with E-state index in [1.54, 1.807) is 0 Å². The molecule has 1 N–H and O–H groups in total. The van der Waals surface area contributed by atoms with Gasteiger partial charge >= 0.3 is 0 Å². The Balaban J connectivity index is 1.48. The molecule has 1 unspecified atom stereocenters. The van der Waals surface area contributed by atoms with Crippen molar-refractivity contribution in [3.63, 3.8) is 0 Å². The summed E-state index contributed by atoms with van der Waals surface area (Å²) in [5.41, 5.74) is 1.25. The summed E-state index contributed by atoms with van der Waals surface area (Å²) < 4.78 is 5.86. The fourth-order valence-electron chi connectivity index (χ4n) is 3.60. The average molecular weight is 360 g/mol. The van der Waals surface area contributed by atoms with Crippen molar-refractivity contribution in [1.29, 1.82) is 0 Å². The van der Waals surface area contributed by atoms with Crippen LogP contribution < -0.4 is 10.1 Å². The zero-order valence-corrected chi connectivity index (χ0v) is 16.4. The van der Waals surface area contributed by atoms with Crippen LogP contribution in [0.4, 0.5) is 0 Å². The number of hydrogen-bond donors (Lipinski definition) is 1. The second-order valence-electron chi connectivity index (χ2n) is 7.27. The molecule has 3 aliphatic heterocycles. The molecule has 3 aliphatic rings. The Hall–Kier alpha value is -1.79. The van der Waals surface area contributed by atoms with Gasteiger partial charge in [-0.25, -0.2) is 0 Å². The number of fused-ring (bicyclic) bond motifs is 3. The van der Waals surface area contributed by atoms with Crippen LogP contribution in [0.2, 0.25) is 0 Å².